The largest absolute Gasteiger partial charge is 0.496 e. The Bertz CT molecular complexity index is 795. The lowest BCUT2D eigenvalue weighted by Gasteiger charge is -2.18. The SMILES string of the molecule is COc1ccc(C)cc1CC(=O)N1C[C@@H](O)[C@H](Oc2cccc(F)c2)C1. The predicted octanol–water partition coefficient (Wildman–Crippen LogP) is 2.34. The van der Waals surface area contributed by atoms with E-state index in [0.717, 1.165) is 11.1 Å². The Hall–Kier alpha value is -2.60. The Morgan fingerprint density at radius 2 is 2.08 bits per heavy atom. The van der Waals surface area contributed by atoms with Crippen LogP contribution in [0.4, 0.5) is 4.39 Å². The maximum Gasteiger partial charge on any atom is 0.227 e. The minimum atomic E-state index is -0.818. The summed E-state index contributed by atoms with van der Waals surface area (Å²) in [5.41, 5.74) is 1.85. The van der Waals surface area contributed by atoms with Gasteiger partial charge in [-0.1, -0.05) is 23.8 Å². The number of hydrogen-bond donors (Lipinski definition) is 1. The number of likely N-dealkylation sites (tertiary alicyclic amines) is 1. The van der Waals surface area contributed by atoms with Crippen molar-refractivity contribution in [1.29, 1.82) is 0 Å². The van der Waals surface area contributed by atoms with Gasteiger partial charge in [0.15, 0.2) is 0 Å². The molecule has 1 aliphatic rings. The van der Waals surface area contributed by atoms with Crippen molar-refractivity contribution in [3.63, 3.8) is 0 Å². The van der Waals surface area contributed by atoms with E-state index in [4.69, 9.17) is 9.47 Å². The lowest BCUT2D eigenvalue weighted by Crippen LogP contribution is -2.32. The highest BCUT2D eigenvalue weighted by Gasteiger charge is 2.35. The number of ether oxygens (including phenoxy) is 2. The van der Waals surface area contributed by atoms with Gasteiger partial charge in [-0.05, 0) is 25.1 Å². The highest BCUT2D eigenvalue weighted by Crippen LogP contribution is 2.23. The Morgan fingerprint density at radius 3 is 2.81 bits per heavy atom. The molecule has 1 heterocycles. The molecule has 3 rings (SSSR count). The van der Waals surface area contributed by atoms with E-state index in [1.54, 1.807) is 24.1 Å². The molecule has 2 atom stereocenters. The van der Waals surface area contributed by atoms with E-state index in [1.165, 1.54) is 12.1 Å². The number of aryl methyl sites for hydroxylation is 1. The quantitative estimate of drug-likeness (QED) is 0.890. The summed E-state index contributed by atoms with van der Waals surface area (Å²) in [6.07, 6.45) is -1.22. The van der Waals surface area contributed by atoms with Crippen LogP contribution in [0.5, 0.6) is 11.5 Å². The third-order valence-corrected chi connectivity index (χ3v) is 4.45. The third kappa shape index (κ3) is 4.14. The van der Waals surface area contributed by atoms with Gasteiger partial charge in [-0.25, -0.2) is 4.39 Å². The summed E-state index contributed by atoms with van der Waals surface area (Å²) in [4.78, 5) is 14.2. The Balaban J connectivity index is 1.65. The van der Waals surface area contributed by atoms with Gasteiger partial charge in [0.1, 0.15) is 29.5 Å². The first-order valence-electron chi connectivity index (χ1n) is 8.48. The number of β-amino-alcohol motifs (C(OH)–C–C–N with tert-alkyl or cyclic N) is 1. The van der Waals surface area contributed by atoms with Gasteiger partial charge in [-0.2, -0.15) is 0 Å². The molecule has 2 aromatic carbocycles. The first-order valence-corrected chi connectivity index (χ1v) is 8.48. The number of nitrogens with zero attached hydrogens (tertiary/aromatic N) is 1. The summed E-state index contributed by atoms with van der Waals surface area (Å²) in [5, 5.41) is 10.2. The van der Waals surface area contributed by atoms with Gasteiger partial charge in [0.05, 0.1) is 26.6 Å². The zero-order valence-electron chi connectivity index (χ0n) is 14.8. The van der Waals surface area contributed by atoms with Crippen molar-refractivity contribution >= 4 is 5.91 Å². The summed E-state index contributed by atoms with van der Waals surface area (Å²) >= 11 is 0. The first-order chi connectivity index (χ1) is 12.5. The normalized spacial score (nSPS) is 19.5. The number of aliphatic hydroxyl groups excluding tert-OH is 1. The number of rotatable bonds is 5. The fourth-order valence-corrected chi connectivity index (χ4v) is 3.11. The molecule has 0 unspecified atom stereocenters. The Labute approximate surface area is 152 Å². The second-order valence-corrected chi connectivity index (χ2v) is 6.47. The number of aliphatic hydroxyl groups is 1. The zero-order valence-corrected chi connectivity index (χ0v) is 14.8. The lowest BCUT2D eigenvalue weighted by atomic mass is 10.1. The Kier molecular flexibility index (Phi) is 5.42. The molecule has 0 aliphatic carbocycles. The van der Waals surface area contributed by atoms with Crippen LogP contribution in [0.1, 0.15) is 11.1 Å². The summed E-state index contributed by atoms with van der Waals surface area (Å²) < 4.78 is 24.2. The van der Waals surface area contributed by atoms with Crippen LogP contribution in [0.25, 0.3) is 0 Å². The average Bonchev–Trinajstić information content (AvgIpc) is 2.96. The molecule has 0 bridgehead atoms. The number of carbonyl (C=O) groups excluding carboxylic acids is 1. The minimum absolute atomic E-state index is 0.113. The molecule has 0 saturated carbocycles. The summed E-state index contributed by atoms with van der Waals surface area (Å²) in [5.74, 6) is 0.479. The van der Waals surface area contributed by atoms with Crippen molar-refractivity contribution in [1.82, 2.24) is 4.90 Å². The average molecular weight is 359 g/mol. The second kappa shape index (κ2) is 7.74. The molecule has 26 heavy (non-hydrogen) atoms. The number of hydrogen-bond acceptors (Lipinski definition) is 4. The van der Waals surface area contributed by atoms with Crippen molar-refractivity contribution in [3.8, 4) is 11.5 Å². The van der Waals surface area contributed by atoms with Crippen LogP contribution in [0.3, 0.4) is 0 Å². The van der Waals surface area contributed by atoms with Crippen molar-refractivity contribution in [3.05, 3.63) is 59.4 Å². The molecule has 1 fully saturated rings. The van der Waals surface area contributed by atoms with Crippen molar-refractivity contribution in [2.45, 2.75) is 25.6 Å². The van der Waals surface area contributed by atoms with Gasteiger partial charge in [-0.15, -0.1) is 0 Å². The van der Waals surface area contributed by atoms with E-state index in [1.807, 2.05) is 25.1 Å². The van der Waals surface area contributed by atoms with Crippen LogP contribution in [0.2, 0.25) is 0 Å². The monoisotopic (exact) mass is 359 g/mol. The number of carbonyl (C=O) groups is 1. The fourth-order valence-electron chi connectivity index (χ4n) is 3.11. The molecule has 0 aromatic heterocycles. The van der Waals surface area contributed by atoms with Crippen LogP contribution in [-0.4, -0.2) is 48.3 Å². The smallest absolute Gasteiger partial charge is 0.227 e. The summed E-state index contributed by atoms with van der Waals surface area (Å²) in [7, 11) is 1.57. The van der Waals surface area contributed by atoms with Gasteiger partial charge in [0.2, 0.25) is 5.91 Å². The maximum absolute atomic E-state index is 13.3. The van der Waals surface area contributed by atoms with Gasteiger partial charge in [0, 0.05) is 11.6 Å². The molecule has 0 radical (unpaired) electrons. The van der Waals surface area contributed by atoms with Crippen molar-refractivity contribution in [2.75, 3.05) is 20.2 Å². The predicted molar refractivity (Wildman–Crippen MR) is 94.8 cm³/mol. The van der Waals surface area contributed by atoms with E-state index >= 15 is 0 Å². The van der Waals surface area contributed by atoms with Crippen LogP contribution < -0.4 is 9.47 Å². The van der Waals surface area contributed by atoms with E-state index in [9.17, 15) is 14.3 Å². The molecule has 1 saturated heterocycles. The zero-order chi connectivity index (χ0) is 18.7. The summed E-state index contributed by atoms with van der Waals surface area (Å²) in [6, 6.07) is 11.4. The number of amides is 1. The molecular formula is C20H22FNO4. The molecule has 1 N–H and O–H groups in total. The van der Waals surface area contributed by atoms with E-state index in [2.05, 4.69) is 0 Å². The number of methoxy groups -OCH3 is 1. The number of halogens is 1. The van der Waals surface area contributed by atoms with Gasteiger partial charge < -0.3 is 19.5 Å². The van der Waals surface area contributed by atoms with Gasteiger partial charge >= 0.3 is 0 Å². The second-order valence-electron chi connectivity index (χ2n) is 6.47. The molecular weight excluding hydrogens is 337 g/mol. The minimum Gasteiger partial charge on any atom is -0.496 e. The van der Waals surface area contributed by atoms with Crippen LogP contribution in [0, 0.1) is 12.7 Å². The number of benzene rings is 2. The molecule has 6 heteroatoms. The summed E-state index contributed by atoms with van der Waals surface area (Å²) in [6.45, 7) is 2.40. The molecule has 138 valence electrons. The highest BCUT2D eigenvalue weighted by atomic mass is 19.1. The highest BCUT2D eigenvalue weighted by molar-refractivity contribution is 5.80. The fraction of sp³-hybridized carbons (Fsp3) is 0.350. The third-order valence-electron chi connectivity index (χ3n) is 4.45. The first kappa shape index (κ1) is 18.2. The van der Waals surface area contributed by atoms with E-state index < -0.39 is 18.0 Å². The van der Waals surface area contributed by atoms with Crippen molar-refractivity contribution in [2.24, 2.45) is 0 Å². The van der Waals surface area contributed by atoms with E-state index in [0.29, 0.717) is 11.5 Å². The van der Waals surface area contributed by atoms with E-state index in [-0.39, 0.29) is 25.4 Å². The molecule has 1 amide bonds. The molecule has 1 aliphatic heterocycles. The van der Waals surface area contributed by atoms with Crippen LogP contribution in [0.15, 0.2) is 42.5 Å². The molecule has 5 nitrogen and oxygen atoms in total. The standard InChI is InChI=1S/C20H22FNO4/c1-13-6-7-18(25-2)14(8-13)9-20(24)22-11-17(23)19(12-22)26-16-5-3-4-15(21)10-16/h3-8,10,17,19,23H,9,11-12H2,1-2H3/t17-,19-/m1/s1. The Morgan fingerprint density at radius 1 is 1.27 bits per heavy atom. The van der Waals surface area contributed by atoms with Crippen LogP contribution >= 0.6 is 0 Å². The lowest BCUT2D eigenvalue weighted by molar-refractivity contribution is -0.129. The van der Waals surface area contributed by atoms with Crippen LogP contribution in [-0.2, 0) is 11.2 Å². The molecule has 0 spiro atoms. The van der Waals surface area contributed by atoms with Gasteiger partial charge in [0.25, 0.3) is 0 Å². The topological polar surface area (TPSA) is 59.0 Å². The maximum atomic E-state index is 13.3. The van der Waals surface area contributed by atoms with Gasteiger partial charge in [-0.3, -0.25) is 4.79 Å². The molecule has 2 aromatic rings. The van der Waals surface area contributed by atoms with Crippen molar-refractivity contribution < 1.29 is 23.8 Å².